The van der Waals surface area contributed by atoms with Crippen molar-refractivity contribution in [3.63, 3.8) is 0 Å². The second kappa shape index (κ2) is 6.24. The van der Waals surface area contributed by atoms with Gasteiger partial charge in [-0.1, -0.05) is 6.07 Å². The van der Waals surface area contributed by atoms with Gasteiger partial charge in [0.15, 0.2) is 9.84 Å². The number of methoxy groups -OCH3 is 1. The molecule has 0 bridgehead atoms. The minimum Gasteiger partial charge on any atom is -0.496 e. The van der Waals surface area contributed by atoms with Gasteiger partial charge in [0.05, 0.1) is 22.6 Å². The molecule has 1 fully saturated rings. The summed E-state index contributed by atoms with van der Waals surface area (Å²) in [6, 6.07) is 5.85. The van der Waals surface area contributed by atoms with E-state index in [2.05, 4.69) is 21.2 Å². The summed E-state index contributed by atoms with van der Waals surface area (Å²) in [5, 5.41) is 3.01. The van der Waals surface area contributed by atoms with E-state index in [1.165, 1.54) is 0 Å². The van der Waals surface area contributed by atoms with E-state index in [0.29, 0.717) is 18.8 Å². The lowest BCUT2D eigenvalue weighted by atomic mass is 10.2. The first kappa shape index (κ1) is 14.8. The first-order valence-electron chi connectivity index (χ1n) is 6.27. The van der Waals surface area contributed by atoms with Gasteiger partial charge < -0.3 is 10.1 Å². The molecule has 1 aromatic carbocycles. The molecule has 1 N–H and O–H groups in total. The Bertz CT molecular complexity index is 545. The lowest BCUT2D eigenvalue weighted by Gasteiger charge is -2.11. The van der Waals surface area contributed by atoms with Gasteiger partial charge in [0, 0.05) is 13.1 Å². The molecule has 6 heteroatoms. The van der Waals surface area contributed by atoms with E-state index in [-0.39, 0.29) is 5.25 Å². The van der Waals surface area contributed by atoms with Crippen LogP contribution in [-0.2, 0) is 16.4 Å². The number of hydrogen-bond donors (Lipinski definition) is 1. The second-order valence-corrected chi connectivity index (χ2v) is 7.99. The smallest absolute Gasteiger partial charge is 0.154 e. The van der Waals surface area contributed by atoms with E-state index in [4.69, 9.17) is 4.74 Å². The lowest BCUT2D eigenvalue weighted by Crippen LogP contribution is -2.30. The van der Waals surface area contributed by atoms with Crippen molar-refractivity contribution in [2.75, 3.05) is 19.4 Å². The van der Waals surface area contributed by atoms with E-state index in [9.17, 15) is 8.42 Å². The van der Waals surface area contributed by atoms with Crippen molar-refractivity contribution >= 4 is 25.8 Å². The molecule has 1 aliphatic heterocycles. The van der Waals surface area contributed by atoms with E-state index in [0.717, 1.165) is 28.6 Å². The maximum atomic E-state index is 11.7. The zero-order valence-corrected chi connectivity index (χ0v) is 13.3. The summed E-state index contributed by atoms with van der Waals surface area (Å²) in [6.07, 6.45) is 1.57. The van der Waals surface area contributed by atoms with Crippen LogP contribution in [0.1, 0.15) is 18.4 Å². The van der Waals surface area contributed by atoms with Crippen molar-refractivity contribution in [3.8, 4) is 5.75 Å². The molecule has 0 aromatic heterocycles. The Balaban J connectivity index is 1.88. The highest BCUT2D eigenvalue weighted by Crippen LogP contribution is 2.25. The lowest BCUT2D eigenvalue weighted by molar-refractivity contribution is 0.412. The summed E-state index contributed by atoms with van der Waals surface area (Å²) >= 11 is 3.43. The van der Waals surface area contributed by atoms with Crippen molar-refractivity contribution < 1.29 is 13.2 Å². The van der Waals surface area contributed by atoms with Crippen molar-refractivity contribution in [3.05, 3.63) is 28.2 Å². The zero-order chi connectivity index (χ0) is 13.9. The quantitative estimate of drug-likeness (QED) is 0.886. The summed E-state index contributed by atoms with van der Waals surface area (Å²) < 4.78 is 29.4. The molecule has 19 heavy (non-hydrogen) atoms. The minimum absolute atomic E-state index is 0.214. The molecule has 1 aromatic rings. The summed E-state index contributed by atoms with van der Waals surface area (Å²) in [6.45, 7) is 1.20. The molecule has 1 saturated heterocycles. The van der Waals surface area contributed by atoms with Gasteiger partial charge in [-0.3, -0.25) is 0 Å². The number of hydrogen-bond acceptors (Lipinski definition) is 4. The van der Waals surface area contributed by atoms with Crippen LogP contribution in [-0.4, -0.2) is 33.1 Å². The van der Waals surface area contributed by atoms with Crippen LogP contribution in [0.2, 0.25) is 0 Å². The fourth-order valence-corrected chi connectivity index (χ4v) is 4.67. The topological polar surface area (TPSA) is 55.4 Å². The van der Waals surface area contributed by atoms with Gasteiger partial charge in [-0.05, 0) is 46.5 Å². The molecule has 0 radical (unpaired) electrons. The van der Waals surface area contributed by atoms with Gasteiger partial charge in [0.25, 0.3) is 0 Å². The van der Waals surface area contributed by atoms with Crippen molar-refractivity contribution in [2.45, 2.75) is 24.6 Å². The maximum Gasteiger partial charge on any atom is 0.154 e. The van der Waals surface area contributed by atoms with Gasteiger partial charge in [-0.25, -0.2) is 8.42 Å². The van der Waals surface area contributed by atoms with Gasteiger partial charge in [-0.2, -0.15) is 0 Å². The van der Waals surface area contributed by atoms with E-state index < -0.39 is 9.84 Å². The van der Waals surface area contributed by atoms with Crippen LogP contribution >= 0.6 is 15.9 Å². The summed E-state index contributed by atoms with van der Waals surface area (Å²) in [4.78, 5) is 0. The molecule has 1 heterocycles. The van der Waals surface area contributed by atoms with Crippen molar-refractivity contribution in [1.82, 2.24) is 5.32 Å². The minimum atomic E-state index is -2.85. The number of benzene rings is 1. The van der Waals surface area contributed by atoms with Crippen molar-refractivity contribution in [2.24, 2.45) is 0 Å². The maximum absolute atomic E-state index is 11.7. The molecule has 0 saturated carbocycles. The van der Waals surface area contributed by atoms with Crippen LogP contribution < -0.4 is 10.1 Å². The summed E-state index contributed by atoms with van der Waals surface area (Å²) in [7, 11) is -1.22. The average molecular weight is 348 g/mol. The van der Waals surface area contributed by atoms with Gasteiger partial charge >= 0.3 is 0 Å². The van der Waals surface area contributed by atoms with Gasteiger partial charge in [0.2, 0.25) is 0 Å². The van der Waals surface area contributed by atoms with Crippen LogP contribution in [0.15, 0.2) is 22.7 Å². The van der Waals surface area contributed by atoms with Gasteiger partial charge in [-0.15, -0.1) is 0 Å². The largest absolute Gasteiger partial charge is 0.496 e. The molecule has 0 amide bonds. The Morgan fingerprint density at radius 2 is 2.26 bits per heavy atom. The molecular formula is C13H18BrNO3S. The van der Waals surface area contributed by atoms with E-state index in [1.54, 1.807) is 7.11 Å². The molecule has 1 unspecified atom stereocenters. The van der Waals surface area contributed by atoms with Crippen molar-refractivity contribution in [1.29, 1.82) is 0 Å². The van der Waals surface area contributed by atoms with E-state index in [1.807, 2.05) is 18.2 Å². The average Bonchev–Trinajstić information content (AvgIpc) is 2.69. The van der Waals surface area contributed by atoms with Crippen LogP contribution in [0.4, 0.5) is 0 Å². The van der Waals surface area contributed by atoms with Crippen LogP contribution in [0, 0.1) is 0 Å². The molecule has 2 rings (SSSR count). The number of nitrogens with one attached hydrogen (secondary N) is 1. The third kappa shape index (κ3) is 3.70. The Kier molecular flexibility index (Phi) is 4.86. The third-order valence-electron chi connectivity index (χ3n) is 3.38. The molecule has 4 nitrogen and oxygen atoms in total. The number of rotatable bonds is 5. The Morgan fingerprint density at radius 3 is 2.84 bits per heavy atom. The first-order valence-corrected chi connectivity index (χ1v) is 8.78. The fraction of sp³-hybridized carbons (Fsp3) is 0.538. The Labute approximate surface area is 122 Å². The first-order chi connectivity index (χ1) is 9.03. The highest BCUT2D eigenvalue weighted by atomic mass is 79.9. The number of ether oxygens (including phenoxy) is 1. The molecule has 0 spiro atoms. The highest BCUT2D eigenvalue weighted by Gasteiger charge is 2.30. The molecule has 0 aliphatic carbocycles. The highest BCUT2D eigenvalue weighted by molar-refractivity contribution is 9.10. The van der Waals surface area contributed by atoms with Gasteiger partial charge in [0.1, 0.15) is 5.75 Å². The predicted molar refractivity (Wildman–Crippen MR) is 79.2 cm³/mol. The Morgan fingerprint density at radius 1 is 1.47 bits per heavy atom. The van der Waals surface area contributed by atoms with Crippen LogP contribution in [0.25, 0.3) is 0 Å². The molecule has 1 aliphatic rings. The second-order valence-electron chi connectivity index (χ2n) is 4.73. The molecule has 1 atom stereocenters. The summed E-state index contributed by atoms with van der Waals surface area (Å²) in [5.74, 6) is 1.13. The normalized spacial score (nSPS) is 21.5. The molecular weight excluding hydrogens is 330 g/mol. The predicted octanol–water partition coefficient (Wildman–Crippen LogP) is 2.12. The zero-order valence-electron chi connectivity index (χ0n) is 10.9. The van der Waals surface area contributed by atoms with E-state index >= 15 is 0 Å². The van der Waals surface area contributed by atoms with Crippen LogP contribution in [0.3, 0.4) is 0 Å². The fourth-order valence-electron chi connectivity index (χ4n) is 2.28. The standard InChI is InChI=1S/C13H18BrNO3S/c1-18-13-5-4-10(7-12(13)14)8-15-9-11-3-2-6-19(11,16)17/h4-5,7,11,15H,2-3,6,8-9H2,1H3. The monoisotopic (exact) mass is 347 g/mol. The third-order valence-corrected chi connectivity index (χ3v) is 6.28. The van der Waals surface area contributed by atoms with Crippen LogP contribution in [0.5, 0.6) is 5.75 Å². The number of halogens is 1. The molecule has 106 valence electrons. The Hall–Kier alpha value is -0.590. The SMILES string of the molecule is COc1ccc(CNCC2CCCS2(=O)=O)cc1Br. The summed E-state index contributed by atoms with van der Waals surface area (Å²) in [5.41, 5.74) is 1.10. The number of sulfone groups is 1.